The van der Waals surface area contributed by atoms with Crippen LogP contribution in [0.15, 0.2) is 64.0 Å². The highest BCUT2D eigenvalue weighted by Gasteiger charge is 2.21. The number of benzene rings is 2. The Balaban J connectivity index is 0.00000588. The minimum Gasteiger partial charge on any atom is -0.449 e. The maximum absolute atomic E-state index is 12.6. The SMILES string of the molecule is Cc1onc(-c2ccc(S(=O)(=O)NC(=O)OCCSSCCOC(=O)NCCN(C)C)cc2)c1-c1ccccc1.Cl. The van der Waals surface area contributed by atoms with Crippen molar-refractivity contribution in [1.82, 2.24) is 20.1 Å². The van der Waals surface area contributed by atoms with E-state index in [1.54, 1.807) is 12.1 Å². The van der Waals surface area contributed by atoms with E-state index in [0.717, 1.165) is 17.7 Å². The van der Waals surface area contributed by atoms with Gasteiger partial charge in [0.25, 0.3) is 10.0 Å². The van der Waals surface area contributed by atoms with E-state index in [4.69, 9.17) is 14.0 Å². The molecule has 1 heterocycles. The number of nitrogens with one attached hydrogen (secondary N) is 2. The van der Waals surface area contributed by atoms with Gasteiger partial charge in [0.15, 0.2) is 0 Å². The van der Waals surface area contributed by atoms with Crippen molar-refractivity contribution in [1.29, 1.82) is 0 Å². The number of carbonyl (C=O) groups excluding carboxylic acids is 2. The molecular formula is C26H33ClN4O7S3. The van der Waals surface area contributed by atoms with E-state index in [2.05, 4.69) is 10.5 Å². The molecule has 0 unspecified atom stereocenters. The van der Waals surface area contributed by atoms with Crippen LogP contribution in [0.1, 0.15) is 5.76 Å². The number of rotatable bonds is 14. The van der Waals surface area contributed by atoms with Crippen molar-refractivity contribution in [3.63, 3.8) is 0 Å². The molecular weight excluding hydrogens is 612 g/mol. The van der Waals surface area contributed by atoms with Crippen molar-refractivity contribution >= 4 is 56.2 Å². The van der Waals surface area contributed by atoms with Crippen LogP contribution in [0.4, 0.5) is 9.59 Å². The monoisotopic (exact) mass is 644 g/mol. The summed E-state index contributed by atoms with van der Waals surface area (Å²) in [4.78, 5) is 25.4. The lowest BCUT2D eigenvalue weighted by Crippen LogP contribution is -2.32. The fourth-order valence-corrected chi connectivity index (χ4v) is 5.94. The van der Waals surface area contributed by atoms with Crippen molar-refractivity contribution in [2.45, 2.75) is 11.8 Å². The maximum Gasteiger partial charge on any atom is 0.421 e. The molecule has 11 nitrogen and oxygen atoms in total. The van der Waals surface area contributed by atoms with E-state index < -0.39 is 22.2 Å². The van der Waals surface area contributed by atoms with E-state index in [1.807, 2.05) is 61.0 Å². The molecule has 2 amide bonds. The number of alkyl carbamates (subject to hydrolysis) is 1. The number of ether oxygens (including phenoxy) is 2. The average molecular weight is 645 g/mol. The Kier molecular flexibility index (Phi) is 14.3. The normalized spacial score (nSPS) is 11.0. The van der Waals surface area contributed by atoms with Crippen molar-refractivity contribution in [3.8, 4) is 22.4 Å². The number of aromatic nitrogens is 1. The zero-order chi connectivity index (χ0) is 29.0. The molecule has 0 saturated heterocycles. The molecule has 0 radical (unpaired) electrons. The third-order valence-corrected chi connectivity index (χ3v) is 8.95. The Morgan fingerprint density at radius 3 is 2.15 bits per heavy atom. The fraction of sp³-hybridized carbons (Fsp3) is 0.346. The molecule has 41 heavy (non-hydrogen) atoms. The molecule has 15 heteroatoms. The smallest absolute Gasteiger partial charge is 0.421 e. The van der Waals surface area contributed by atoms with Gasteiger partial charge < -0.3 is 24.2 Å². The van der Waals surface area contributed by atoms with Gasteiger partial charge in [-0.2, -0.15) is 0 Å². The molecule has 0 aliphatic heterocycles. The Bertz CT molecular complexity index is 1360. The van der Waals surface area contributed by atoms with Crippen molar-refractivity contribution in [3.05, 3.63) is 60.4 Å². The van der Waals surface area contributed by atoms with Gasteiger partial charge in [0, 0.05) is 30.2 Å². The molecule has 224 valence electrons. The summed E-state index contributed by atoms with van der Waals surface area (Å²) in [6, 6.07) is 15.6. The number of sulfonamides is 1. The first-order valence-electron chi connectivity index (χ1n) is 12.3. The van der Waals surface area contributed by atoms with Crippen LogP contribution in [0, 0.1) is 6.92 Å². The first-order valence-corrected chi connectivity index (χ1v) is 16.3. The molecule has 2 aromatic carbocycles. The van der Waals surface area contributed by atoms with Crippen LogP contribution in [0.25, 0.3) is 22.4 Å². The van der Waals surface area contributed by atoms with Crippen LogP contribution >= 0.6 is 34.0 Å². The van der Waals surface area contributed by atoms with Crippen LogP contribution in [0.3, 0.4) is 0 Å². The number of halogens is 1. The standard InChI is InChI=1S/C26H32N4O7S3.ClH/c1-19-23(20-7-5-4-6-8-20)24(28-37-19)21-9-11-22(12-10-21)40(33,34)29-26(32)36-16-18-39-38-17-15-35-25(31)27-13-14-30(2)3;/h4-12H,13-18H2,1-3H3,(H,27,31)(H,29,32);1H. The average Bonchev–Trinajstić information content (AvgIpc) is 3.31. The molecule has 0 atom stereocenters. The molecule has 3 aromatic rings. The zero-order valence-corrected chi connectivity index (χ0v) is 26.1. The van der Waals surface area contributed by atoms with E-state index in [0.29, 0.717) is 35.1 Å². The number of likely N-dealkylation sites (N-methyl/N-ethyl adjacent to an activating group) is 1. The van der Waals surface area contributed by atoms with E-state index in [1.165, 1.54) is 33.7 Å². The van der Waals surface area contributed by atoms with E-state index in [-0.39, 0.29) is 30.5 Å². The van der Waals surface area contributed by atoms with Gasteiger partial charge in [0.1, 0.15) is 24.7 Å². The lowest BCUT2D eigenvalue weighted by atomic mass is 10.00. The Morgan fingerprint density at radius 2 is 1.54 bits per heavy atom. The Labute approximate surface area is 253 Å². The fourth-order valence-electron chi connectivity index (χ4n) is 3.39. The highest BCUT2D eigenvalue weighted by molar-refractivity contribution is 8.76. The van der Waals surface area contributed by atoms with Gasteiger partial charge in [-0.3, -0.25) is 0 Å². The van der Waals surface area contributed by atoms with Crippen molar-refractivity contribution in [2.75, 3.05) is 51.9 Å². The van der Waals surface area contributed by atoms with Crippen LogP contribution in [-0.2, 0) is 19.5 Å². The molecule has 3 rings (SSSR count). The predicted octanol–water partition coefficient (Wildman–Crippen LogP) is 4.82. The van der Waals surface area contributed by atoms with Crippen LogP contribution in [0.5, 0.6) is 0 Å². The lowest BCUT2D eigenvalue weighted by molar-refractivity contribution is 0.152. The highest BCUT2D eigenvalue weighted by Crippen LogP contribution is 2.34. The summed E-state index contributed by atoms with van der Waals surface area (Å²) in [7, 11) is 2.56. The zero-order valence-electron chi connectivity index (χ0n) is 22.8. The number of hydrogen-bond acceptors (Lipinski definition) is 11. The molecule has 0 fully saturated rings. The topological polar surface area (TPSA) is 140 Å². The summed E-state index contributed by atoms with van der Waals surface area (Å²) in [6.07, 6.45) is -1.53. The Morgan fingerprint density at radius 1 is 0.927 bits per heavy atom. The van der Waals surface area contributed by atoms with Crippen molar-refractivity contribution in [2.24, 2.45) is 0 Å². The molecule has 0 aliphatic rings. The minimum absolute atomic E-state index is 0. The second-order valence-corrected chi connectivity index (χ2v) is 13.0. The van der Waals surface area contributed by atoms with Gasteiger partial charge in [-0.05, 0) is 38.7 Å². The van der Waals surface area contributed by atoms with E-state index >= 15 is 0 Å². The summed E-state index contributed by atoms with van der Waals surface area (Å²) in [5.74, 6) is 1.64. The molecule has 0 aliphatic carbocycles. The van der Waals surface area contributed by atoms with Gasteiger partial charge in [-0.15, -0.1) is 12.4 Å². The van der Waals surface area contributed by atoms with Gasteiger partial charge in [0.05, 0.1) is 10.5 Å². The summed E-state index contributed by atoms with van der Waals surface area (Å²) < 4.78 is 42.6. The quantitative estimate of drug-likeness (QED) is 0.184. The van der Waals surface area contributed by atoms with E-state index in [9.17, 15) is 18.0 Å². The Hall–Kier alpha value is -2.91. The number of amides is 2. The minimum atomic E-state index is -4.13. The summed E-state index contributed by atoms with van der Waals surface area (Å²) in [5, 5.41) is 6.80. The highest BCUT2D eigenvalue weighted by atomic mass is 35.5. The number of nitrogens with zero attached hydrogens (tertiary/aromatic N) is 2. The number of carbonyl (C=O) groups is 2. The van der Waals surface area contributed by atoms with Gasteiger partial charge in [-0.25, -0.2) is 22.7 Å². The first-order chi connectivity index (χ1) is 19.2. The molecule has 1 aromatic heterocycles. The molecule has 0 saturated carbocycles. The second kappa shape index (κ2) is 17.1. The maximum atomic E-state index is 12.6. The van der Waals surface area contributed by atoms with Crippen LogP contribution in [0.2, 0.25) is 0 Å². The largest absolute Gasteiger partial charge is 0.449 e. The second-order valence-electron chi connectivity index (χ2n) is 8.60. The van der Waals surface area contributed by atoms with Gasteiger partial charge in [0.2, 0.25) is 0 Å². The van der Waals surface area contributed by atoms with Crippen LogP contribution in [-0.4, -0.2) is 82.6 Å². The lowest BCUT2D eigenvalue weighted by Gasteiger charge is -2.10. The first kappa shape index (κ1) is 34.3. The third kappa shape index (κ3) is 11.1. The third-order valence-electron chi connectivity index (χ3n) is 5.29. The summed E-state index contributed by atoms with van der Waals surface area (Å²) in [5.41, 5.74) is 3.01. The summed E-state index contributed by atoms with van der Waals surface area (Å²) in [6.45, 7) is 3.30. The number of aryl methyl sites for hydroxylation is 1. The summed E-state index contributed by atoms with van der Waals surface area (Å²) >= 11 is 0. The molecule has 2 N–H and O–H groups in total. The van der Waals surface area contributed by atoms with Gasteiger partial charge >= 0.3 is 12.2 Å². The van der Waals surface area contributed by atoms with Gasteiger partial charge in [-0.1, -0.05) is 69.2 Å². The molecule has 0 bridgehead atoms. The predicted molar refractivity (Wildman–Crippen MR) is 164 cm³/mol. The van der Waals surface area contributed by atoms with Crippen molar-refractivity contribution < 1.29 is 32.0 Å². The van der Waals surface area contributed by atoms with Crippen LogP contribution < -0.4 is 10.0 Å². The number of hydrogen-bond donors (Lipinski definition) is 2. The molecule has 0 spiro atoms.